The number of carbonyl (C=O) groups excluding carboxylic acids is 1. The van der Waals surface area contributed by atoms with Crippen molar-refractivity contribution in [3.05, 3.63) is 46.7 Å². The molecule has 0 bridgehead atoms. The van der Waals surface area contributed by atoms with E-state index in [2.05, 4.69) is 4.98 Å². The molecule has 0 radical (unpaired) electrons. The normalized spacial score (nSPS) is 14.3. The van der Waals surface area contributed by atoms with Crippen molar-refractivity contribution in [2.45, 2.75) is 6.61 Å². The Kier molecular flexibility index (Phi) is 5.10. The second-order valence-electron chi connectivity index (χ2n) is 5.74. The van der Waals surface area contributed by atoms with Crippen LogP contribution >= 0.6 is 11.6 Å². The summed E-state index contributed by atoms with van der Waals surface area (Å²) in [6.07, 6.45) is -0.320. The van der Waals surface area contributed by atoms with Crippen LogP contribution in [-0.2, 0) is 18.4 Å². The smallest absolute Gasteiger partial charge is 0.410 e. The Bertz CT molecular complexity index is 791. The van der Waals surface area contributed by atoms with Crippen LogP contribution in [0.5, 0.6) is 0 Å². The van der Waals surface area contributed by atoms with E-state index in [4.69, 9.17) is 21.6 Å². The maximum absolute atomic E-state index is 12.2. The summed E-state index contributed by atoms with van der Waals surface area (Å²) in [5.74, 6) is 0.638. The van der Waals surface area contributed by atoms with Crippen molar-refractivity contribution in [3.63, 3.8) is 0 Å². The summed E-state index contributed by atoms with van der Waals surface area (Å²) < 4.78 is 7.03. The molecule has 3 rings (SSSR count). The van der Waals surface area contributed by atoms with Gasteiger partial charge in [0.15, 0.2) is 10.8 Å². The number of hydrogen-bond acceptors (Lipinski definition) is 5. The number of piperazine rings is 1. The third-order valence-corrected chi connectivity index (χ3v) is 4.42. The summed E-state index contributed by atoms with van der Waals surface area (Å²) in [7, 11) is 1.76. The van der Waals surface area contributed by atoms with E-state index in [1.54, 1.807) is 16.5 Å². The molecule has 0 atom stereocenters. The van der Waals surface area contributed by atoms with Crippen molar-refractivity contribution in [3.8, 4) is 6.07 Å². The average molecular weight is 360 g/mol. The van der Waals surface area contributed by atoms with Crippen molar-refractivity contribution >= 4 is 23.6 Å². The molecule has 1 aliphatic rings. The van der Waals surface area contributed by atoms with E-state index in [9.17, 15) is 4.79 Å². The van der Waals surface area contributed by atoms with Crippen LogP contribution in [0.25, 0.3) is 0 Å². The zero-order valence-electron chi connectivity index (χ0n) is 13.9. The fourth-order valence-electron chi connectivity index (χ4n) is 2.76. The van der Waals surface area contributed by atoms with Gasteiger partial charge in [-0.3, -0.25) is 0 Å². The summed E-state index contributed by atoms with van der Waals surface area (Å²) in [5, 5.41) is 9.29. The SMILES string of the molecule is Cn1c(N2CCN(C(=O)OCc3ccccc3)CC2)nc(Cl)c1C#N. The molecule has 0 aliphatic carbocycles. The minimum atomic E-state index is -0.320. The Hall–Kier alpha value is -2.72. The average Bonchev–Trinajstić information content (AvgIpc) is 2.94. The molecule has 8 heteroatoms. The highest BCUT2D eigenvalue weighted by Crippen LogP contribution is 2.22. The fourth-order valence-corrected chi connectivity index (χ4v) is 3.00. The highest BCUT2D eigenvalue weighted by molar-refractivity contribution is 6.30. The van der Waals surface area contributed by atoms with Gasteiger partial charge >= 0.3 is 6.09 Å². The number of imidazole rings is 1. The van der Waals surface area contributed by atoms with Gasteiger partial charge in [-0.1, -0.05) is 41.9 Å². The predicted octanol–water partition coefficient (Wildman–Crippen LogP) is 2.40. The Morgan fingerprint density at radius 3 is 2.56 bits per heavy atom. The molecular formula is C17H18ClN5O2. The molecule has 0 N–H and O–H groups in total. The predicted molar refractivity (Wildman–Crippen MR) is 93.3 cm³/mol. The minimum absolute atomic E-state index is 0.199. The zero-order chi connectivity index (χ0) is 17.8. The molecule has 1 aromatic heterocycles. The van der Waals surface area contributed by atoms with Gasteiger partial charge in [-0.05, 0) is 5.56 Å². The van der Waals surface area contributed by atoms with Crippen LogP contribution in [0.4, 0.5) is 10.7 Å². The maximum atomic E-state index is 12.2. The molecule has 1 aliphatic heterocycles. The monoisotopic (exact) mass is 359 g/mol. The van der Waals surface area contributed by atoms with Crippen LogP contribution in [0.15, 0.2) is 30.3 Å². The third-order valence-electron chi connectivity index (χ3n) is 4.16. The second kappa shape index (κ2) is 7.45. The van der Waals surface area contributed by atoms with Gasteiger partial charge in [0, 0.05) is 33.2 Å². The zero-order valence-corrected chi connectivity index (χ0v) is 14.6. The lowest BCUT2D eigenvalue weighted by Gasteiger charge is -2.34. The van der Waals surface area contributed by atoms with Crippen molar-refractivity contribution < 1.29 is 9.53 Å². The number of benzene rings is 1. The molecule has 0 spiro atoms. The molecule has 1 fully saturated rings. The Morgan fingerprint density at radius 2 is 1.96 bits per heavy atom. The van der Waals surface area contributed by atoms with Gasteiger partial charge in [0.1, 0.15) is 12.7 Å². The van der Waals surface area contributed by atoms with Crippen LogP contribution < -0.4 is 4.90 Å². The molecule has 1 aromatic carbocycles. The number of halogens is 1. The summed E-state index contributed by atoms with van der Waals surface area (Å²) in [6, 6.07) is 11.6. The van der Waals surface area contributed by atoms with E-state index in [1.807, 2.05) is 41.3 Å². The van der Waals surface area contributed by atoms with Crippen molar-refractivity contribution in [2.75, 3.05) is 31.1 Å². The highest BCUT2D eigenvalue weighted by atomic mass is 35.5. The first kappa shape index (κ1) is 17.1. The number of hydrogen-bond donors (Lipinski definition) is 0. The van der Waals surface area contributed by atoms with E-state index in [1.165, 1.54) is 0 Å². The molecule has 0 saturated carbocycles. The number of rotatable bonds is 3. The highest BCUT2D eigenvalue weighted by Gasteiger charge is 2.26. The number of anilines is 1. The summed E-state index contributed by atoms with van der Waals surface area (Å²) in [5.41, 5.74) is 1.29. The number of ether oxygens (including phenoxy) is 1. The third kappa shape index (κ3) is 3.69. The molecule has 130 valence electrons. The lowest BCUT2D eigenvalue weighted by atomic mass is 10.2. The molecule has 1 saturated heterocycles. The number of nitrogens with zero attached hydrogens (tertiary/aromatic N) is 5. The van der Waals surface area contributed by atoms with Gasteiger partial charge < -0.3 is 19.1 Å². The molecule has 0 unspecified atom stereocenters. The van der Waals surface area contributed by atoms with Crippen LogP contribution in [0.3, 0.4) is 0 Å². The van der Waals surface area contributed by atoms with E-state index in [0.29, 0.717) is 37.8 Å². The lowest BCUT2D eigenvalue weighted by molar-refractivity contribution is 0.0940. The minimum Gasteiger partial charge on any atom is -0.445 e. The lowest BCUT2D eigenvalue weighted by Crippen LogP contribution is -2.49. The molecule has 25 heavy (non-hydrogen) atoms. The number of aromatic nitrogens is 2. The number of nitriles is 1. The Labute approximate surface area is 151 Å². The first-order valence-electron chi connectivity index (χ1n) is 7.93. The maximum Gasteiger partial charge on any atom is 0.410 e. The standard InChI is InChI=1S/C17H18ClN5O2/c1-21-14(11-19)15(18)20-16(21)22-7-9-23(10-8-22)17(24)25-12-13-5-3-2-4-6-13/h2-6H,7-10,12H2,1H3. The van der Waals surface area contributed by atoms with Crippen molar-refractivity contribution in [2.24, 2.45) is 7.05 Å². The fraction of sp³-hybridized carbons (Fsp3) is 0.353. The van der Waals surface area contributed by atoms with Crippen molar-refractivity contribution in [1.29, 1.82) is 5.26 Å². The first-order valence-corrected chi connectivity index (χ1v) is 8.31. The quantitative estimate of drug-likeness (QED) is 0.841. The molecule has 2 heterocycles. The van der Waals surface area contributed by atoms with Crippen LogP contribution in [-0.4, -0.2) is 46.7 Å². The van der Waals surface area contributed by atoms with Gasteiger partial charge in [0.2, 0.25) is 5.95 Å². The second-order valence-corrected chi connectivity index (χ2v) is 6.09. The van der Waals surface area contributed by atoms with Crippen molar-refractivity contribution in [1.82, 2.24) is 14.5 Å². The Balaban J connectivity index is 1.55. The van der Waals surface area contributed by atoms with E-state index >= 15 is 0 Å². The van der Waals surface area contributed by atoms with E-state index in [-0.39, 0.29) is 17.9 Å². The van der Waals surface area contributed by atoms with E-state index in [0.717, 1.165) is 5.56 Å². The summed E-state index contributed by atoms with van der Waals surface area (Å²) in [6.45, 7) is 2.53. The van der Waals surface area contributed by atoms with Gasteiger partial charge in [-0.15, -0.1) is 0 Å². The molecule has 1 amide bonds. The van der Waals surface area contributed by atoms with Gasteiger partial charge in [-0.2, -0.15) is 10.2 Å². The summed E-state index contributed by atoms with van der Waals surface area (Å²) in [4.78, 5) is 20.1. The first-order chi connectivity index (χ1) is 12.1. The van der Waals surface area contributed by atoms with Crippen LogP contribution in [0.2, 0.25) is 5.15 Å². The molecule has 2 aromatic rings. The van der Waals surface area contributed by atoms with E-state index < -0.39 is 0 Å². The van der Waals surface area contributed by atoms with Gasteiger partial charge in [-0.25, -0.2) is 4.79 Å². The number of amides is 1. The van der Waals surface area contributed by atoms with Gasteiger partial charge in [0.25, 0.3) is 0 Å². The topological polar surface area (TPSA) is 74.4 Å². The summed E-state index contributed by atoms with van der Waals surface area (Å²) >= 11 is 5.98. The largest absolute Gasteiger partial charge is 0.445 e. The molecular weight excluding hydrogens is 342 g/mol. The number of carbonyl (C=O) groups is 1. The van der Waals surface area contributed by atoms with Crippen LogP contribution in [0.1, 0.15) is 11.3 Å². The van der Waals surface area contributed by atoms with Gasteiger partial charge in [0.05, 0.1) is 0 Å². The Morgan fingerprint density at radius 1 is 1.28 bits per heavy atom. The van der Waals surface area contributed by atoms with Crippen LogP contribution in [0, 0.1) is 11.3 Å². The molecule has 7 nitrogen and oxygen atoms in total.